The Morgan fingerprint density at radius 2 is 1.70 bits per heavy atom. The van der Waals surface area contributed by atoms with Gasteiger partial charge in [-0.3, -0.25) is 19.3 Å². The third-order valence-corrected chi connectivity index (χ3v) is 6.44. The zero-order valence-corrected chi connectivity index (χ0v) is 16.5. The number of ether oxygens (including phenoxy) is 1. The number of hydrogen-bond donors (Lipinski definition) is 1. The van der Waals surface area contributed by atoms with Crippen molar-refractivity contribution in [1.82, 2.24) is 4.90 Å². The number of carboxylic acid groups (broad SMARTS) is 1. The number of hydrogen-bond acceptors (Lipinski definition) is 5. The molecule has 10 heteroatoms. The molecule has 0 unspecified atom stereocenters. The highest BCUT2D eigenvalue weighted by atomic mass is 19.4. The van der Waals surface area contributed by atoms with E-state index in [4.69, 9.17) is 0 Å². The zero-order valence-electron chi connectivity index (χ0n) is 16.5. The van der Waals surface area contributed by atoms with Crippen molar-refractivity contribution in [1.29, 1.82) is 0 Å². The van der Waals surface area contributed by atoms with Crippen molar-refractivity contribution in [3.05, 3.63) is 23.3 Å². The van der Waals surface area contributed by atoms with Crippen LogP contribution in [0.3, 0.4) is 0 Å². The molecule has 0 aromatic heterocycles. The first-order valence-corrected chi connectivity index (χ1v) is 9.56. The van der Waals surface area contributed by atoms with Crippen LogP contribution in [-0.2, 0) is 23.9 Å². The van der Waals surface area contributed by atoms with E-state index in [1.165, 1.54) is 6.08 Å². The van der Waals surface area contributed by atoms with Crippen LogP contribution in [0.5, 0.6) is 0 Å². The van der Waals surface area contributed by atoms with E-state index in [-0.39, 0.29) is 6.54 Å². The molecule has 30 heavy (non-hydrogen) atoms. The van der Waals surface area contributed by atoms with E-state index in [1.54, 1.807) is 13.8 Å². The summed E-state index contributed by atoms with van der Waals surface area (Å²) in [5, 5.41) is 9.91. The molecular weight excluding hydrogens is 407 g/mol. The molecule has 164 valence electrons. The quantitative estimate of drug-likeness (QED) is 0.396. The lowest BCUT2D eigenvalue weighted by molar-refractivity contribution is -0.182. The number of nitrogens with zero attached hydrogens (tertiary/aromatic N) is 1. The second-order valence-electron chi connectivity index (χ2n) is 8.42. The number of aliphatic carboxylic acids is 1. The predicted molar refractivity (Wildman–Crippen MR) is 95.7 cm³/mol. The molecule has 1 heterocycles. The maximum absolute atomic E-state index is 12.7. The normalized spacial score (nSPS) is 28.2. The lowest BCUT2D eigenvalue weighted by atomic mass is 9.93. The number of carbonyl (C=O) groups excluding carboxylic acids is 3. The Morgan fingerprint density at radius 3 is 2.17 bits per heavy atom. The topological polar surface area (TPSA) is 101 Å². The van der Waals surface area contributed by atoms with Crippen LogP contribution in [0.25, 0.3) is 0 Å². The van der Waals surface area contributed by atoms with Crippen LogP contribution in [0, 0.1) is 16.7 Å². The smallest absolute Gasteiger partial charge is 0.422 e. The van der Waals surface area contributed by atoms with Gasteiger partial charge in [0.2, 0.25) is 0 Å². The van der Waals surface area contributed by atoms with Crippen molar-refractivity contribution < 1.29 is 42.2 Å². The summed E-state index contributed by atoms with van der Waals surface area (Å²) in [6.07, 6.45) is -0.192. The molecule has 0 aromatic carbocycles. The van der Waals surface area contributed by atoms with Crippen LogP contribution >= 0.6 is 0 Å². The van der Waals surface area contributed by atoms with Gasteiger partial charge in [-0.15, -0.1) is 0 Å². The highest BCUT2D eigenvalue weighted by Gasteiger charge is 2.75. The molecule has 0 aromatic rings. The molecule has 1 saturated carbocycles. The van der Waals surface area contributed by atoms with Gasteiger partial charge in [0.15, 0.2) is 6.61 Å². The minimum Gasteiger partial charge on any atom is -0.481 e. The number of carboxylic acids is 1. The Balaban J connectivity index is 1.77. The molecular formula is C20H22F3NO6. The number of allylic oxidation sites excluding steroid dienone is 1. The van der Waals surface area contributed by atoms with Crippen molar-refractivity contribution in [2.24, 2.45) is 16.7 Å². The SMILES string of the molecule is CC1(C)[C@@H](/C=C\C(=O)OCC(F)(F)F)[C@@]1(CN1C(=O)C2=C(CCCC2)C1=O)C(=O)O. The van der Waals surface area contributed by atoms with Crippen LogP contribution in [0.4, 0.5) is 13.2 Å². The Bertz CT molecular complexity index is 844. The summed E-state index contributed by atoms with van der Waals surface area (Å²) in [7, 11) is 0. The van der Waals surface area contributed by atoms with E-state index in [0.717, 1.165) is 23.8 Å². The highest BCUT2D eigenvalue weighted by molar-refractivity contribution is 6.19. The van der Waals surface area contributed by atoms with Gasteiger partial charge in [0.05, 0.1) is 5.41 Å². The first-order chi connectivity index (χ1) is 13.8. The lowest BCUT2D eigenvalue weighted by Crippen LogP contribution is -2.42. The van der Waals surface area contributed by atoms with Crippen LogP contribution in [-0.4, -0.2) is 53.1 Å². The second-order valence-corrected chi connectivity index (χ2v) is 8.42. The molecule has 2 amide bonds. The van der Waals surface area contributed by atoms with Crippen LogP contribution < -0.4 is 0 Å². The van der Waals surface area contributed by atoms with E-state index in [0.29, 0.717) is 24.0 Å². The van der Waals surface area contributed by atoms with E-state index in [2.05, 4.69) is 4.74 Å². The third kappa shape index (κ3) is 3.52. The molecule has 0 spiro atoms. The summed E-state index contributed by atoms with van der Waals surface area (Å²) in [4.78, 5) is 50.1. The average molecular weight is 429 g/mol. The fourth-order valence-electron chi connectivity index (χ4n) is 4.64. The summed E-state index contributed by atoms with van der Waals surface area (Å²) in [5.74, 6) is -4.24. The first kappa shape index (κ1) is 22.0. The maximum Gasteiger partial charge on any atom is 0.422 e. The molecule has 3 aliphatic rings. The number of carbonyl (C=O) groups is 4. The molecule has 3 rings (SSSR count). The first-order valence-electron chi connectivity index (χ1n) is 9.56. The van der Waals surface area contributed by atoms with Gasteiger partial charge in [-0.1, -0.05) is 19.9 Å². The highest BCUT2D eigenvalue weighted by Crippen LogP contribution is 2.70. The summed E-state index contributed by atoms with van der Waals surface area (Å²) in [6.45, 7) is 1.10. The summed E-state index contributed by atoms with van der Waals surface area (Å²) < 4.78 is 40.6. The fraction of sp³-hybridized carbons (Fsp3) is 0.600. The zero-order chi connectivity index (χ0) is 22.5. The average Bonchev–Trinajstić information content (AvgIpc) is 3.04. The molecule has 1 aliphatic heterocycles. The number of amides is 2. The Labute approximate surface area is 170 Å². The number of alkyl halides is 3. The second kappa shape index (κ2) is 7.24. The van der Waals surface area contributed by atoms with Crippen LogP contribution in [0.15, 0.2) is 23.3 Å². The van der Waals surface area contributed by atoms with Crippen molar-refractivity contribution in [3.63, 3.8) is 0 Å². The monoisotopic (exact) mass is 429 g/mol. The number of esters is 1. The fourth-order valence-corrected chi connectivity index (χ4v) is 4.64. The van der Waals surface area contributed by atoms with E-state index in [9.17, 15) is 37.5 Å². The summed E-state index contributed by atoms with van der Waals surface area (Å²) in [5.41, 5.74) is -1.61. The van der Waals surface area contributed by atoms with Gasteiger partial charge in [-0.2, -0.15) is 13.2 Å². The van der Waals surface area contributed by atoms with Crippen molar-refractivity contribution in [3.8, 4) is 0 Å². The molecule has 0 saturated heterocycles. The van der Waals surface area contributed by atoms with Gasteiger partial charge in [0, 0.05) is 29.7 Å². The van der Waals surface area contributed by atoms with Gasteiger partial charge >= 0.3 is 18.1 Å². The Hall–Kier alpha value is -2.65. The molecule has 1 N–H and O–H groups in total. The predicted octanol–water partition coefficient (Wildman–Crippen LogP) is 2.61. The van der Waals surface area contributed by atoms with Crippen molar-refractivity contribution in [2.45, 2.75) is 45.7 Å². The largest absolute Gasteiger partial charge is 0.481 e. The Morgan fingerprint density at radius 1 is 1.17 bits per heavy atom. The number of halogens is 3. The van der Waals surface area contributed by atoms with E-state index >= 15 is 0 Å². The van der Waals surface area contributed by atoms with Gasteiger partial charge in [0.1, 0.15) is 0 Å². The van der Waals surface area contributed by atoms with Gasteiger partial charge in [-0.25, -0.2) is 4.79 Å². The van der Waals surface area contributed by atoms with Gasteiger partial charge < -0.3 is 9.84 Å². The van der Waals surface area contributed by atoms with Gasteiger partial charge in [0.25, 0.3) is 11.8 Å². The van der Waals surface area contributed by atoms with Crippen LogP contribution in [0.1, 0.15) is 39.5 Å². The molecule has 0 bridgehead atoms. The van der Waals surface area contributed by atoms with E-state index < -0.39 is 53.3 Å². The van der Waals surface area contributed by atoms with E-state index in [1.807, 2.05) is 0 Å². The molecule has 1 fully saturated rings. The standard InChI is InChI=1S/C20H22F3NO6/c1-18(2)13(7-8-14(25)30-10-20(21,22)23)19(18,17(28)29)9-24-15(26)11-5-3-4-6-12(11)16(24)27/h7-8,13H,3-6,9-10H2,1-2H3,(H,28,29)/b8-7-/t13-,19+/m1/s1. The molecule has 0 radical (unpaired) electrons. The summed E-state index contributed by atoms with van der Waals surface area (Å²) >= 11 is 0. The molecule has 7 nitrogen and oxygen atoms in total. The molecule has 2 atom stereocenters. The maximum atomic E-state index is 12.7. The third-order valence-electron chi connectivity index (χ3n) is 6.44. The minimum atomic E-state index is -4.67. The molecule has 2 aliphatic carbocycles. The summed E-state index contributed by atoms with van der Waals surface area (Å²) in [6, 6.07) is 0. The van der Waals surface area contributed by atoms with Crippen molar-refractivity contribution in [2.75, 3.05) is 13.2 Å². The number of imide groups is 1. The Kier molecular flexibility index (Phi) is 5.32. The van der Waals surface area contributed by atoms with Crippen LogP contribution in [0.2, 0.25) is 0 Å². The van der Waals surface area contributed by atoms with Gasteiger partial charge in [-0.05, 0) is 31.1 Å². The lowest BCUT2D eigenvalue weighted by Gasteiger charge is -2.22. The minimum absolute atomic E-state index is 0.368. The van der Waals surface area contributed by atoms with Crippen molar-refractivity contribution >= 4 is 23.8 Å². The number of rotatable bonds is 6.